The SMILES string of the molecule is O=C(COc1ccc2c(=O)c(Oc3ccc4ccccc4c3)c(C(F)(F)F)oc2c1)OCc1ccccc1. The fourth-order valence-corrected chi connectivity index (χ4v) is 3.80. The molecular weight excluding hydrogens is 501 g/mol. The number of esters is 1. The molecule has 0 bridgehead atoms. The van der Waals surface area contributed by atoms with Gasteiger partial charge in [-0.2, -0.15) is 13.2 Å². The molecule has 0 spiro atoms. The van der Waals surface area contributed by atoms with Gasteiger partial charge in [-0.3, -0.25) is 4.79 Å². The summed E-state index contributed by atoms with van der Waals surface area (Å²) in [5.41, 5.74) is -0.585. The maximum atomic E-state index is 13.9. The molecule has 5 rings (SSSR count). The molecule has 192 valence electrons. The second kappa shape index (κ2) is 10.3. The van der Waals surface area contributed by atoms with Gasteiger partial charge in [0.2, 0.25) is 11.2 Å². The van der Waals surface area contributed by atoms with Gasteiger partial charge in [-0.05, 0) is 40.6 Å². The number of halogens is 3. The molecule has 5 aromatic rings. The van der Waals surface area contributed by atoms with Gasteiger partial charge in [0.1, 0.15) is 23.7 Å². The summed E-state index contributed by atoms with van der Waals surface area (Å²) in [5, 5.41) is 1.44. The number of rotatable bonds is 7. The zero-order valence-corrected chi connectivity index (χ0v) is 19.7. The quantitative estimate of drug-likeness (QED) is 0.218. The van der Waals surface area contributed by atoms with Crippen molar-refractivity contribution in [1.29, 1.82) is 0 Å². The van der Waals surface area contributed by atoms with Gasteiger partial charge in [0.05, 0.1) is 5.39 Å². The van der Waals surface area contributed by atoms with E-state index in [1.54, 1.807) is 42.5 Å². The zero-order valence-electron chi connectivity index (χ0n) is 19.7. The molecule has 0 saturated heterocycles. The standard InChI is InChI=1S/C29H19F3O6/c30-29(31,32)28-27(37-22-11-10-19-8-4-5-9-20(19)14-22)26(34)23-13-12-21(15-24(23)38-28)35-17-25(33)36-16-18-6-2-1-3-7-18/h1-15H,16-17H2. The van der Waals surface area contributed by atoms with E-state index in [1.165, 1.54) is 24.3 Å². The molecule has 0 unspecified atom stereocenters. The third-order valence-electron chi connectivity index (χ3n) is 5.62. The molecule has 0 aliphatic carbocycles. The van der Waals surface area contributed by atoms with E-state index in [2.05, 4.69) is 0 Å². The molecule has 6 nitrogen and oxygen atoms in total. The minimum absolute atomic E-state index is 0.0219. The Hall–Kier alpha value is -4.79. The molecule has 0 aliphatic rings. The Morgan fingerprint density at radius 3 is 2.29 bits per heavy atom. The summed E-state index contributed by atoms with van der Waals surface area (Å²) in [6.45, 7) is -0.442. The van der Waals surface area contributed by atoms with Gasteiger partial charge in [-0.15, -0.1) is 0 Å². The summed E-state index contributed by atoms with van der Waals surface area (Å²) in [6.07, 6.45) is -5.02. The highest BCUT2D eigenvalue weighted by molar-refractivity contribution is 5.84. The minimum atomic E-state index is -5.02. The van der Waals surface area contributed by atoms with E-state index < -0.39 is 35.7 Å². The van der Waals surface area contributed by atoms with Crippen LogP contribution in [0.1, 0.15) is 11.3 Å². The first-order valence-corrected chi connectivity index (χ1v) is 11.4. The van der Waals surface area contributed by atoms with E-state index in [0.717, 1.165) is 22.4 Å². The van der Waals surface area contributed by atoms with Crippen LogP contribution < -0.4 is 14.9 Å². The monoisotopic (exact) mass is 520 g/mol. The van der Waals surface area contributed by atoms with Crippen molar-refractivity contribution in [3.05, 3.63) is 113 Å². The molecule has 0 atom stereocenters. The molecule has 0 fully saturated rings. The molecule has 0 aliphatic heterocycles. The lowest BCUT2D eigenvalue weighted by Crippen LogP contribution is -2.16. The highest BCUT2D eigenvalue weighted by Crippen LogP contribution is 2.39. The molecule has 4 aromatic carbocycles. The molecular formula is C29H19F3O6. The van der Waals surface area contributed by atoms with Crippen LogP contribution in [0, 0.1) is 0 Å². The second-order valence-corrected chi connectivity index (χ2v) is 8.29. The van der Waals surface area contributed by atoms with Gasteiger partial charge in [-0.1, -0.05) is 60.7 Å². The van der Waals surface area contributed by atoms with E-state index in [0.29, 0.717) is 0 Å². The second-order valence-electron chi connectivity index (χ2n) is 8.29. The van der Waals surface area contributed by atoms with Gasteiger partial charge < -0.3 is 18.6 Å². The van der Waals surface area contributed by atoms with Crippen LogP contribution in [-0.2, 0) is 22.3 Å². The van der Waals surface area contributed by atoms with Crippen LogP contribution >= 0.6 is 0 Å². The van der Waals surface area contributed by atoms with Gasteiger partial charge in [0, 0.05) is 6.07 Å². The largest absolute Gasteiger partial charge is 0.482 e. The molecule has 0 radical (unpaired) electrons. The number of hydrogen-bond donors (Lipinski definition) is 0. The number of carbonyl (C=O) groups excluding carboxylic acids is 1. The molecule has 1 aromatic heterocycles. The smallest absolute Gasteiger partial charge is 0.453 e. The first kappa shape index (κ1) is 24.9. The Morgan fingerprint density at radius 1 is 0.816 bits per heavy atom. The number of ether oxygens (including phenoxy) is 3. The van der Waals surface area contributed by atoms with Crippen molar-refractivity contribution in [2.75, 3.05) is 6.61 Å². The maximum Gasteiger partial charge on any atom is 0.453 e. The Labute approximate surface area is 213 Å². The third kappa shape index (κ3) is 5.46. The van der Waals surface area contributed by atoms with Crippen molar-refractivity contribution in [1.82, 2.24) is 0 Å². The van der Waals surface area contributed by atoms with E-state index in [-0.39, 0.29) is 29.1 Å². The molecule has 0 N–H and O–H groups in total. The number of fused-ring (bicyclic) bond motifs is 2. The normalized spacial score (nSPS) is 11.4. The number of alkyl halides is 3. The third-order valence-corrected chi connectivity index (χ3v) is 5.62. The van der Waals surface area contributed by atoms with Crippen molar-refractivity contribution in [2.45, 2.75) is 12.8 Å². The summed E-state index contributed by atoms with van der Waals surface area (Å²) in [6, 6.07) is 24.6. The van der Waals surface area contributed by atoms with Crippen LogP contribution in [0.2, 0.25) is 0 Å². The van der Waals surface area contributed by atoms with E-state index in [4.69, 9.17) is 18.6 Å². The van der Waals surface area contributed by atoms with Gasteiger partial charge >= 0.3 is 12.1 Å². The molecule has 1 heterocycles. The Balaban J connectivity index is 1.39. The Bertz CT molecular complexity index is 1680. The van der Waals surface area contributed by atoms with E-state index >= 15 is 0 Å². The number of benzene rings is 4. The van der Waals surface area contributed by atoms with Crippen molar-refractivity contribution in [3.8, 4) is 17.2 Å². The minimum Gasteiger partial charge on any atom is -0.482 e. The first-order chi connectivity index (χ1) is 18.3. The van der Waals surface area contributed by atoms with Crippen LogP contribution in [0.4, 0.5) is 13.2 Å². The van der Waals surface area contributed by atoms with E-state index in [9.17, 15) is 22.8 Å². The lowest BCUT2D eigenvalue weighted by Gasteiger charge is -2.14. The van der Waals surface area contributed by atoms with Crippen LogP contribution in [0.15, 0.2) is 100 Å². The van der Waals surface area contributed by atoms with Crippen molar-refractivity contribution >= 4 is 27.7 Å². The fourth-order valence-electron chi connectivity index (χ4n) is 3.80. The fraction of sp³-hybridized carbons (Fsp3) is 0.103. The van der Waals surface area contributed by atoms with E-state index in [1.807, 2.05) is 18.2 Å². The van der Waals surface area contributed by atoms with Crippen LogP contribution in [0.5, 0.6) is 17.2 Å². The summed E-state index contributed by atoms with van der Waals surface area (Å²) in [7, 11) is 0. The highest BCUT2D eigenvalue weighted by Gasteiger charge is 2.40. The molecule has 0 saturated carbocycles. The van der Waals surface area contributed by atoms with Gasteiger partial charge in [-0.25, -0.2) is 4.79 Å². The summed E-state index contributed by atoms with van der Waals surface area (Å²) < 4.78 is 62.7. The van der Waals surface area contributed by atoms with Crippen molar-refractivity contribution in [2.24, 2.45) is 0 Å². The Morgan fingerprint density at radius 2 is 1.53 bits per heavy atom. The van der Waals surface area contributed by atoms with Crippen molar-refractivity contribution in [3.63, 3.8) is 0 Å². The summed E-state index contributed by atoms with van der Waals surface area (Å²) in [5.74, 6) is -3.16. The molecule has 0 amide bonds. The maximum absolute atomic E-state index is 13.9. The highest BCUT2D eigenvalue weighted by atomic mass is 19.4. The lowest BCUT2D eigenvalue weighted by molar-refractivity contribution is -0.154. The van der Waals surface area contributed by atoms with Crippen LogP contribution in [0.3, 0.4) is 0 Å². The number of carbonyl (C=O) groups is 1. The van der Waals surface area contributed by atoms with Crippen LogP contribution in [-0.4, -0.2) is 12.6 Å². The predicted octanol–water partition coefficient (Wildman–Crippen LogP) is 6.88. The molecule has 38 heavy (non-hydrogen) atoms. The molecule has 9 heteroatoms. The van der Waals surface area contributed by atoms with Crippen molar-refractivity contribution < 1.29 is 36.6 Å². The van der Waals surface area contributed by atoms with Gasteiger partial charge in [0.15, 0.2) is 6.61 Å². The van der Waals surface area contributed by atoms with Gasteiger partial charge in [0.25, 0.3) is 5.76 Å². The average molecular weight is 520 g/mol. The van der Waals surface area contributed by atoms with Crippen LogP contribution in [0.25, 0.3) is 21.7 Å². The Kier molecular flexibility index (Phi) is 6.74. The number of hydrogen-bond acceptors (Lipinski definition) is 6. The zero-order chi connectivity index (χ0) is 26.7. The first-order valence-electron chi connectivity index (χ1n) is 11.4. The average Bonchev–Trinajstić information content (AvgIpc) is 2.92. The lowest BCUT2D eigenvalue weighted by atomic mass is 10.1. The topological polar surface area (TPSA) is 75.0 Å². The predicted molar refractivity (Wildman–Crippen MR) is 133 cm³/mol. The summed E-state index contributed by atoms with van der Waals surface area (Å²) >= 11 is 0. The summed E-state index contributed by atoms with van der Waals surface area (Å²) in [4.78, 5) is 25.1.